The zero-order valence-electron chi connectivity index (χ0n) is 16.1. The molecule has 0 aromatic carbocycles. The number of aliphatic hydroxyl groups excluding tert-OH is 1. The maximum absolute atomic E-state index is 12.2. The first-order chi connectivity index (χ1) is 14.2. The molecule has 7 nitrogen and oxygen atoms in total. The fourth-order valence-electron chi connectivity index (χ4n) is 3.80. The number of aromatic amines is 1. The van der Waals surface area contributed by atoms with Gasteiger partial charge in [-0.2, -0.15) is 0 Å². The highest BCUT2D eigenvalue weighted by Crippen LogP contribution is 2.34. The van der Waals surface area contributed by atoms with Gasteiger partial charge >= 0.3 is 0 Å². The molecular weight excluding hydrogens is 366 g/mol. The number of nitrogens with one attached hydrogen (secondary N) is 2. The van der Waals surface area contributed by atoms with Crippen molar-refractivity contribution in [2.24, 2.45) is 0 Å². The standard InChI is InChI=1S/C22H23N5O2/c1-2-5-20(29)27-11-4-7-15(13-27)26-21-17-9-10-23-22(17)24-12-18(21)19-8-3-6-16(14-28)25-19/h1,3,6,8-10,12,15,28H,4-5,7,11,13-14H2,(H2,23,24,26)/t15-/m1/s1. The number of nitrogens with zero attached hydrogens (tertiary/aromatic N) is 3. The third-order valence-electron chi connectivity index (χ3n) is 5.21. The van der Waals surface area contributed by atoms with Gasteiger partial charge in [0, 0.05) is 42.5 Å². The second kappa shape index (κ2) is 8.33. The van der Waals surface area contributed by atoms with Gasteiger partial charge in [-0.25, -0.2) is 4.98 Å². The van der Waals surface area contributed by atoms with Crippen LogP contribution in [0.25, 0.3) is 22.3 Å². The second-order valence-corrected chi connectivity index (χ2v) is 7.16. The highest BCUT2D eigenvalue weighted by molar-refractivity contribution is 5.97. The van der Waals surface area contributed by atoms with E-state index in [4.69, 9.17) is 6.42 Å². The van der Waals surface area contributed by atoms with Crippen LogP contribution in [0.1, 0.15) is 25.0 Å². The van der Waals surface area contributed by atoms with Crippen molar-refractivity contribution in [2.45, 2.75) is 31.9 Å². The minimum atomic E-state index is -0.120. The van der Waals surface area contributed by atoms with Crippen LogP contribution in [0.5, 0.6) is 0 Å². The minimum absolute atomic E-state index is 0.00180. The number of terminal acetylenes is 1. The topological polar surface area (TPSA) is 94.1 Å². The smallest absolute Gasteiger partial charge is 0.234 e. The Morgan fingerprint density at radius 2 is 2.31 bits per heavy atom. The summed E-state index contributed by atoms with van der Waals surface area (Å²) >= 11 is 0. The summed E-state index contributed by atoms with van der Waals surface area (Å²) in [5.41, 5.74) is 3.91. The maximum Gasteiger partial charge on any atom is 0.234 e. The van der Waals surface area contributed by atoms with E-state index in [-0.39, 0.29) is 25.0 Å². The highest BCUT2D eigenvalue weighted by Gasteiger charge is 2.25. The zero-order valence-corrected chi connectivity index (χ0v) is 16.1. The molecule has 0 bridgehead atoms. The molecule has 3 N–H and O–H groups in total. The summed E-state index contributed by atoms with van der Waals surface area (Å²) in [6, 6.07) is 7.65. The van der Waals surface area contributed by atoms with Gasteiger partial charge in [-0.05, 0) is 31.0 Å². The molecule has 0 spiro atoms. The van der Waals surface area contributed by atoms with E-state index in [0.29, 0.717) is 12.2 Å². The lowest BCUT2D eigenvalue weighted by atomic mass is 10.0. The number of aliphatic hydroxyl groups is 1. The number of hydrogen-bond acceptors (Lipinski definition) is 5. The molecule has 1 aliphatic heterocycles. The van der Waals surface area contributed by atoms with Crippen LogP contribution in [-0.4, -0.2) is 50.0 Å². The van der Waals surface area contributed by atoms with Gasteiger partial charge in [0.05, 0.1) is 30.1 Å². The summed E-state index contributed by atoms with van der Waals surface area (Å²) in [6.07, 6.45) is 11.0. The minimum Gasteiger partial charge on any atom is -0.390 e. The summed E-state index contributed by atoms with van der Waals surface area (Å²) in [6.45, 7) is 1.23. The Bertz CT molecular complexity index is 1070. The van der Waals surface area contributed by atoms with Crippen molar-refractivity contribution < 1.29 is 9.90 Å². The van der Waals surface area contributed by atoms with Gasteiger partial charge in [0.15, 0.2) is 0 Å². The number of carbonyl (C=O) groups is 1. The van der Waals surface area contributed by atoms with Crippen molar-refractivity contribution in [2.75, 3.05) is 18.4 Å². The predicted molar refractivity (Wildman–Crippen MR) is 112 cm³/mol. The van der Waals surface area contributed by atoms with Crippen LogP contribution in [0.3, 0.4) is 0 Å². The molecule has 1 atom stereocenters. The van der Waals surface area contributed by atoms with Crippen molar-refractivity contribution >= 4 is 22.6 Å². The van der Waals surface area contributed by atoms with Crippen molar-refractivity contribution in [1.82, 2.24) is 19.9 Å². The van der Waals surface area contributed by atoms with Crippen LogP contribution in [0.2, 0.25) is 0 Å². The van der Waals surface area contributed by atoms with Gasteiger partial charge < -0.3 is 20.3 Å². The molecule has 148 valence electrons. The monoisotopic (exact) mass is 389 g/mol. The third kappa shape index (κ3) is 3.93. The molecule has 0 radical (unpaired) electrons. The molecular formula is C22H23N5O2. The quantitative estimate of drug-likeness (QED) is 0.583. The summed E-state index contributed by atoms with van der Waals surface area (Å²) in [5, 5.41) is 14.0. The van der Waals surface area contributed by atoms with Crippen molar-refractivity contribution in [3.63, 3.8) is 0 Å². The van der Waals surface area contributed by atoms with Crippen molar-refractivity contribution in [3.05, 3.63) is 42.4 Å². The number of hydrogen-bond donors (Lipinski definition) is 3. The predicted octanol–water partition coefficient (Wildman–Crippen LogP) is 2.54. The van der Waals surface area contributed by atoms with E-state index in [1.807, 2.05) is 29.3 Å². The number of H-pyrrole nitrogens is 1. The van der Waals surface area contributed by atoms with Gasteiger partial charge in [-0.3, -0.25) is 9.78 Å². The molecule has 0 unspecified atom stereocenters. The van der Waals surface area contributed by atoms with Crippen LogP contribution < -0.4 is 5.32 Å². The lowest BCUT2D eigenvalue weighted by molar-refractivity contribution is -0.131. The molecule has 29 heavy (non-hydrogen) atoms. The average molecular weight is 389 g/mol. The first-order valence-electron chi connectivity index (χ1n) is 9.70. The summed E-state index contributed by atoms with van der Waals surface area (Å²) < 4.78 is 0. The number of amides is 1. The lowest BCUT2D eigenvalue weighted by Gasteiger charge is -2.34. The molecule has 1 amide bonds. The second-order valence-electron chi connectivity index (χ2n) is 7.16. The Hall–Kier alpha value is -3.37. The SMILES string of the molecule is C#CCC(=O)N1CCC[C@@H](Nc2c(-c3cccc(CO)n3)cnc3[nH]ccc23)C1. The average Bonchev–Trinajstić information content (AvgIpc) is 3.24. The number of aromatic nitrogens is 3. The van der Waals surface area contributed by atoms with Crippen molar-refractivity contribution in [1.29, 1.82) is 0 Å². The Morgan fingerprint density at radius 3 is 3.14 bits per heavy atom. The Morgan fingerprint density at radius 1 is 1.41 bits per heavy atom. The van der Waals surface area contributed by atoms with Crippen molar-refractivity contribution in [3.8, 4) is 23.6 Å². The first-order valence-corrected chi connectivity index (χ1v) is 9.70. The highest BCUT2D eigenvalue weighted by atomic mass is 16.3. The van der Waals surface area contributed by atoms with Crippen LogP contribution >= 0.6 is 0 Å². The van der Waals surface area contributed by atoms with E-state index in [1.54, 1.807) is 12.3 Å². The zero-order chi connectivity index (χ0) is 20.2. The Balaban J connectivity index is 1.68. The maximum atomic E-state index is 12.2. The number of pyridine rings is 2. The molecule has 1 aliphatic rings. The molecule has 1 fully saturated rings. The normalized spacial score (nSPS) is 16.6. The lowest BCUT2D eigenvalue weighted by Crippen LogP contribution is -2.45. The number of anilines is 1. The van der Waals surface area contributed by atoms with Crippen LogP contribution in [0, 0.1) is 12.3 Å². The first kappa shape index (κ1) is 19.0. The van der Waals surface area contributed by atoms with Gasteiger partial charge in [-0.15, -0.1) is 6.42 Å². The van der Waals surface area contributed by atoms with Crippen LogP contribution in [0.4, 0.5) is 5.69 Å². The fraction of sp³-hybridized carbons (Fsp3) is 0.318. The van der Waals surface area contributed by atoms with E-state index >= 15 is 0 Å². The van der Waals surface area contributed by atoms with E-state index in [2.05, 4.69) is 26.2 Å². The number of piperidine rings is 1. The van der Waals surface area contributed by atoms with E-state index < -0.39 is 0 Å². The fourth-order valence-corrected chi connectivity index (χ4v) is 3.80. The van der Waals surface area contributed by atoms with Crippen LogP contribution in [-0.2, 0) is 11.4 Å². The molecule has 7 heteroatoms. The van der Waals surface area contributed by atoms with E-state index in [1.165, 1.54) is 0 Å². The largest absolute Gasteiger partial charge is 0.390 e. The summed E-state index contributed by atoms with van der Waals surface area (Å²) in [5.74, 6) is 2.44. The number of likely N-dealkylation sites (tertiary alicyclic amines) is 1. The summed E-state index contributed by atoms with van der Waals surface area (Å²) in [4.78, 5) is 26.3. The molecule has 3 aromatic rings. The van der Waals surface area contributed by atoms with Crippen LogP contribution in [0.15, 0.2) is 36.7 Å². The third-order valence-corrected chi connectivity index (χ3v) is 5.21. The van der Waals surface area contributed by atoms with Gasteiger partial charge in [-0.1, -0.05) is 12.0 Å². The van der Waals surface area contributed by atoms with E-state index in [9.17, 15) is 9.90 Å². The molecule has 4 rings (SSSR count). The molecule has 4 heterocycles. The number of fused-ring (bicyclic) bond motifs is 1. The Kier molecular flexibility index (Phi) is 5.45. The molecule has 1 saturated heterocycles. The van der Waals surface area contributed by atoms with Gasteiger partial charge in [0.2, 0.25) is 5.91 Å². The van der Waals surface area contributed by atoms with E-state index in [0.717, 1.165) is 47.4 Å². The van der Waals surface area contributed by atoms with Gasteiger partial charge in [0.1, 0.15) is 5.65 Å². The number of rotatable bonds is 5. The molecule has 3 aromatic heterocycles. The summed E-state index contributed by atoms with van der Waals surface area (Å²) in [7, 11) is 0. The Labute approximate surface area is 169 Å². The number of carbonyl (C=O) groups excluding carboxylic acids is 1. The molecule has 0 saturated carbocycles. The van der Waals surface area contributed by atoms with Gasteiger partial charge in [0.25, 0.3) is 0 Å². The molecule has 0 aliphatic carbocycles.